The van der Waals surface area contributed by atoms with Crippen LogP contribution >= 0.6 is 23.2 Å². The van der Waals surface area contributed by atoms with E-state index in [2.05, 4.69) is 20.1 Å². The largest absolute Gasteiger partial charge is 0.361 e. The predicted molar refractivity (Wildman–Crippen MR) is 124 cm³/mol. The molecule has 0 unspecified atom stereocenters. The third kappa shape index (κ3) is 5.29. The van der Waals surface area contributed by atoms with Crippen molar-refractivity contribution in [2.75, 3.05) is 6.54 Å². The highest BCUT2D eigenvalue weighted by atomic mass is 35.5. The van der Waals surface area contributed by atoms with Crippen LogP contribution in [0.5, 0.6) is 0 Å². The number of hydrogen-bond acceptors (Lipinski definition) is 2. The molecule has 0 fully saturated rings. The second-order valence-electron chi connectivity index (χ2n) is 7.24. The molecule has 0 atom stereocenters. The lowest BCUT2D eigenvalue weighted by Gasteiger charge is -2.02. The van der Waals surface area contributed by atoms with Crippen LogP contribution in [0.15, 0.2) is 77.1 Å². The quantitative estimate of drug-likeness (QED) is 0.253. The Morgan fingerprint density at radius 1 is 1.00 bits per heavy atom. The van der Waals surface area contributed by atoms with Gasteiger partial charge in [0.05, 0.1) is 10.0 Å². The number of halogens is 3. The molecule has 0 saturated heterocycles. The number of aromatic amines is 1. The highest BCUT2D eigenvalue weighted by molar-refractivity contribution is 6.42. The monoisotopic (exact) mass is 467 g/mol. The van der Waals surface area contributed by atoms with Crippen molar-refractivity contribution in [1.82, 2.24) is 9.90 Å². The average Bonchev–Trinajstić information content (AvgIpc) is 3.15. The summed E-state index contributed by atoms with van der Waals surface area (Å²) in [6.07, 6.45) is 3.06. The Morgan fingerprint density at radius 3 is 2.56 bits per heavy atom. The molecule has 0 spiro atoms. The first kappa shape index (κ1) is 21.9. The molecule has 32 heavy (non-hydrogen) atoms. The normalized spacial score (nSPS) is 10.7. The molecule has 0 radical (unpaired) electrons. The maximum atomic E-state index is 13.3. The van der Waals surface area contributed by atoms with Crippen LogP contribution < -0.4 is 4.91 Å². The average molecular weight is 468 g/mol. The summed E-state index contributed by atoms with van der Waals surface area (Å²) in [5, 5.41) is 9.57. The van der Waals surface area contributed by atoms with E-state index in [-0.39, 0.29) is 5.82 Å². The predicted octanol–water partition coefficient (Wildman–Crippen LogP) is 6.56. The minimum Gasteiger partial charge on any atom is -0.361 e. The summed E-state index contributed by atoms with van der Waals surface area (Å²) >= 11 is 12.1. The maximum absolute atomic E-state index is 13.3. The van der Waals surface area contributed by atoms with Gasteiger partial charge in [0.1, 0.15) is 17.5 Å². The van der Waals surface area contributed by atoms with Gasteiger partial charge in [-0.2, -0.15) is 0 Å². The molecule has 0 aliphatic heterocycles. The van der Waals surface area contributed by atoms with Crippen molar-refractivity contribution < 1.29 is 9.18 Å². The van der Waals surface area contributed by atoms with Gasteiger partial charge >= 0.3 is 5.91 Å². The van der Waals surface area contributed by atoms with Gasteiger partial charge in [0.15, 0.2) is 0 Å². The highest BCUT2D eigenvalue weighted by Crippen LogP contribution is 2.29. The van der Waals surface area contributed by atoms with Gasteiger partial charge in [-0.1, -0.05) is 47.5 Å². The molecule has 3 aromatic carbocycles. The summed E-state index contributed by atoms with van der Waals surface area (Å²) in [6.45, 7) is 0.372. The molecule has 0 aliphatic carbocycles. The summed E-state index contributed by atoms with van der Waals surface area (Å²) in [5.74, 6) is -0.740. The second kappa shape index (κ2) is 9.88. The standard InChI is InChI=1S/C24H17Cl2FN4O/c25-21-12-20-18(14-28-23(20)13-22(21)26)8-9-29-31-30-24(32)17-6-4-15(5-7-17)10-16-2-1-3-19(27)11-16/h1-7,11-14H,8-10H2/p+1. The first-order chi connectivity index (χ1) is 15.5. The zero-order valence-electron chi connectivity index (χ0n) is 16.9. The lowest BCUT2D eigenvalue weighted by molar-refractivity contribution is 0.0992. The Labute approximate surface area is 193 Å². The minimum absolute atomic E-state index is 0.267. The van der Waals surface area contributed by atoms with Crippen LogP contribution in [-0.2, 0) is 12.8 Å². The van der Waals surface area contributed by atoms with Gasteiger partial charge in [0.25, 0.3) is 0 Å². The number of amides is 1. The Morgan fingerprint density at radius 2 is 1.78 bits per heavy atom. The second-order valence-corrected chi connectivity index (χ2v) is 8.05. The van der Waals surface area contributed by atoms with E-state index >= 15 is 0 Å². The van der Waals surface area contributed by atoms with E-state index in [1.54, 1.807) is 24.3 Å². The van der Waals surface area contributed by atoms with Gasteiger partial charge in [0.2, 0.25) is 10.0 Å². The first-order valence-electron chi connectivity index (χ1n) is 9.90. The number of carbonyl (C=O) groups excluding carboxylic acids is 1. The molecule has 1 N–H and O–H groups in total. The van der Waals surface area contributed by atoms with E-state index in [4.69, 9.17) is 23.2 Å². The van der Waals surface area contributed by atoms with Crippen molar-refractivity contribution in [2.45, 2.75) is 12.8 Å². The molecule has 0 bridgehead atoms. The van der Waals surface area contributed by atoms with Gasteiger partial charge in [0, 0.05) is 29.1 Å². The zero-order chi connectivity index (χ0) is 22.5. The molecule has 1 heterocycles. The summed E-state index contributed by atoms with van der Waals surface area (Å²) in [6, 6.07) is 17.0. The smallest absolute Gasteiger partial charge is 0.360 e. The van der Waals surface area contributed by atoms with Crippen molar-refractivity contribution in [3.05, 3.63) is 105 Å². The van der Waals surface area contributed by atoms with E-state index in [1.807, 2.05) is 30.5 Å². The molecule has 160 valence electrons. The van der Waals surface area contributed by atoms with Crippen LogP contribution in [0.3, 0.4) is 0 Å². The molecule has 1 amide bonds. The number of H-pyrrole nitrogens is 1. The van der Waals surface area contributed by atoms with Gasteiger partial charge in [-0.3, -0.25) is 4.79 Å². The molecule has 1 aromatic heterocycles. The lowest BCUT2D eigenvalue weighted by atomic mass is 10.0. The molecule has 0 aliphatic rings. The Bertz CT molecular complexity index is 1340. The van der Waals surface area contributed by atoms with Gasteiger partial charge in [-0.25, -0.2) is 4.39 Å². The molecule has 4 rings (SSSR count). The third-order valence-electron chi connectivity index (χ3n) is 4.99. The number of aromatic nitrogens is 1. The number of benzene rings is 3. The van der Waals surface area contributed by atoms with E-state index in [0.29, 0.717) is 35.0 Å². The molecule has 5 nitrogen and oxygen atoms in total. The van der Waals surface area contributed by atoms with Crippen LogP contribution in [0.1, 0.15) is 27.0 Å². The van der Waals surface area contributed by atoms with Crippen LogP contribution in [0.4, 0.5) is 4.39 Å². The van der Waals surface area contributed by atoms with Gasteiger partial charge in [-0.15, -0.1) is 0 Å². The van der Waals surface area contributed by atoms with Crippen molar-refractivity contribution in [2.24, 2.45) is 10.2 Å². The summed E-state index contributed by atoms with van der Waals surface area (Å²) in [7, 11) is 0. The maximum Gasteiger partial charge on any atom is 0.360 e. The summed E-state index contributed by atoms with van der Waals surface area (Å²) < 4.78 is 13.3. The molecular formula is C24H18Cl2FN4O+. The fourth-order valence-electron chi connectivity index (χ4n) is 3.37. The Kier molecular flexibility index (Phi) is 6.76. The molecule has 0 saturated carbocycles. The van der Waals surface area contributed by atoms with Crippen LogP contribution in [0.25, 0.3) is 10.9 Å². The Balaban J connectivity index is 1.34. The minimum atomic E-state index is -0.473. The van der Waals surface area contributed by atoms with Crippen LogP contribution in [-0.4, -0.2) is 17.4 Å². The zero-order valence-corrected chi connectivity index (χ0v) is 18.4. The highest BCUT2D eigenvalue weighted by Gasteiger charge is 2.11. The van der Waals surface area contributed by atoms with Crippen molar-refractivity contribution in [3.8, 4) is 0 Å². The molecular weight excluding hydrogens is 450 g/mol. The van der Waals surface area contributed by atoms with Crippen LogP contribution in [0.2, 0.25) is 10.0 Å². The van der Waals surface area contributed by atoms with Gasteiger partial charge in [-0.05, 0) is 59.5 Å². The fourth-order valence-corrected chi connectivity index (χ4v) is 3.70. The number of rotatable bonds is 6. The number of hydrogen-bond donors (Lipinski definition) is 1. The van der Waals surface area contributed by atoms with E-state index in [0.717, 1.165) is 27.6 Å². The van der Waals surface area contributed by atoms with E-state index in [1.165, 1.54) is 12.1 Å². The third-order valence-corrected chi connectivity index (χ3v) is 5.71. The first-order valence-corrected chi connectivity index (χ1v) is 10.7. The number of nitrogens with one attached hydrogen (secondary N) is 1. The summed E-state index contributed by atoms with van der Waals surface area (Å²) in [4.78, 5) is 19.0. The van der Waals surface area contributed by atoms with Crippen molar-refractivity contribution in [3.63, 3.8) is 0 Å². The van der Waals surface area contributed by atoms with Gasteiger partial charge < -0.3 is 4.98 Å². The fraction of sp³-hybridized carbons (Fsp3) is 0.125. The SMILES string of the molecule is O=C(N=[N+]=NCCc1c[nH]c2cc(Cl)c(Cl)cc12)c1ccc(Cc2cccc(F)c2)cc1. The Hall–Kier alpha value is -3.31. The van der Waals surface area contributed by atoms with E-state index in [9.17, 15) is 9.18 Å². The number of carbonyl (C=O) groups is 1. The molecule has 8 heteroatoms. The van der Waals surface area contributed by atoms with Crippen LogP contribution in [0, 0.1) is 5.82 Å². The number of fused-ring (bicyclic) bond motifs is 1. The van der Waals surface area contributed by atoms with Crippen molar-refractivity contribution in [1.29, 1.82) is 0 Å². The topological polar surface area (TPSA) is 71.7 Å². The lowest BCUT2D eigenvalue weighted by Crippen LogP contribution is -1.96. The molecule has 4 aromatic rings. The van der Waals surface area contributed by atoms with Crippen molar-refractivity contribution >= 4 is 40.0 Å². The summed E-state index contributed by atoms with van der Waals surface area (Å²) in [5.41, 5.74) is 4.16. The van der Waals surface area contributed by atoms with E-state index < -0.39 is 5.91 Å². The number of nitrogens with zero attached hydrogens (tertiary/aromatic N) is 3.